The van der Waals surface area contributed by atoms with Crippen molar-refractivity contribution < 1.29 is 9.47 Å². The highest BCUT2D eigenvalue weighted by Crippen LogP contribution is 2.35. The molecule has 0 atom stereocenters. The predicted molar refractivity (Wildman–Crippen MR) is 145 cm³/mol. The molecule has 0 radical (unpaired) electrons. The highest BCUT2D eigenvalue weighted by molar-refractivity contribution is 7.22. The number of hydrogen-bond donors (Lipinski definition) is 2. The first-order valence-electron chi connectivity index (χ1n) is 11.4. The molecule has 3 N–H and O–H groups in total. The topological polar surface area (TPSA) is 102 Å². The van der Waals surface area contributed by atoms with Crippen molar-refractivity contribution in [1.82, 2.24) is 24.8 Å². The Labute approximate surface area is 214 Å². The summed E-state index contributed by atoms with van der Waals surface area (Å²) in [6.07, 6.45) is 2.51. The van der Waals surface area contributed by atoms with Gasteiger partial charge in [-0.15, -0.1) is 12.4 Å². The zero-order chi connectivity index (χ0) is 23.5. The number of nitrogens with two attached hydrogens (primary N) is 1. The van der Waals surface area contributed by atoms with E-state index in [1.165, 1.54) is 11.3 Å². The van der Waals surface area contributed by atoms with Gasteiger partial charge in [-0.25, -0.2) is 15.0 Å². The van der Waals surface area contributed by atoms with Gasteiger partial charge in [-0.05, 0) is 37.7 Å². The quantitative estimate of drug-likeness (QED) is 0.337. The van der Waals surface area contributed by atoms with Crippen LogP contribution in [0.1, 0.15) is 6.42 Å². The van der Waals surface area contributed by atoms with E-state index in [4.69, 9.17) is 15.2 Å². The number of benzene rings is 2. The largest absolute Gasteiger partial charge is 0.493 e. The van der Waals surface area contributed by atoms with Gasteiger partial charge in [-0.2, -0.15) is 0 Å². The lowest BCUT2D eigenvalue weighted by Crippen LogP contribution is -2.44. The molecule has 0 saturated carbocycles. The monoisotopic (exact) mass is 515 g/mol. The average molecular weight is 516 g/mol. The Morgan fingerprint density at radius 2 is 1.89 bits per heavy atom. The van der Waals surface area contributed by atoms with Gasteiger partial charge in [-0.1, -0.05) is 11.3 Å². The third kappa shape index (κ3) is 5.84. The number of ether oxygens (including phenoxy) is 2. The van der Waals surface area contributed by atoms with E-state index >= 15 is 0 Å². The predicted octanol–water partition coefficient (Wildman–Crippen LogP) is 4.01. The molecule has 0 amide bonds. The van der Waals surface area contributed by atoms with Crippen molar-refractivity contribution in [2.75, 3.05) is 64.5 Å². The molecular formula is C24H30ClN7O2S. The second-order valence-corrected chi connectivity index (χ2v) is 9.51. The number of aromatic nitrogens is 3. The Bertz CT molecular complexity index is 1290. The standard InChI is InChI=1S/C24H29N7O2S.ClH/c1-30-7-9-31(10-8-30)6-3-11-33-21-14-18-17(13-20(21)32-2)23(27-15-26-18)28-16-4-5-22-19(12-16)29-24(25)34-22;/h4-5,12-15H,3,6-11H2,1-2H3,(H2,25,29)(H,26,27,28);1H. The van der Waals surface area contributed by atoms with E-state index in [2.05, 4.69) is 37.1 Å². The molecule has 9 nitrogen and oxygen atoms in total. The Morgan fingerprint density at radius 3 is 2.69 bits per heavy atom. The number of fused-ring (bicyclic) bond motifs is 2. The maximum atomic E-state index is 6.10. The van der Waals surface area contributed by atoms with Gasteiger partial charge in [-0.3, -0.25) is 0 Å². The molecule has 2 aromatic carbocycles. The van der Waals surface area contributed by atoms with Crippen LogP contribution in [-0.4, -0.2) is 78.2 Å². The lowest BCUT2D eigenvalue weighted by Gasteiger charge is -2.32. The van der Waals surface area contributed by atoms with E-state index in [0.717, 1.165) is 66.0 Å². The van der Waals surface area contributed by atoms with Crippen LogP contribution >= 0.6 is 23.7 Å². The van der Waals surface area contributed by atoms with E-state index in [1.54, 1.807) is 13.4 Å². The summed E-state index contributed by atoms with van der Waals surface area (Å²) in [4.78, 5) is 18.1. The average Bonchev–Trinajstić information content (AvgIpc) is 3.22. The lowest BCUT2D eigenvalue weighted by atomic mass is 10.2. The van der Waals surface area contributed by atoms with Gasteiger partial charge in [0.25, 0.3) is 0 Å². The van der Waals surface area contributed by atoms with Crippen LogP contribution in [-0.2, 0) is 0 Å². The minimum Gasteiger partial charge on any atom is -0.493 e. The van der Waals surface area contributed by atoms with Crippen LogP contribution in [0, 0.1) is 0 Å². The normalized spacial score (nSPS) is 14.7. The van der Waals surface area contributed by atoms with E-state index in [-0.39, 0.29) is 12.4 Å². The van der Waals surface area contributed by atoms with Gasteiger partial charge < -0.3 is 30.3 Å². The molecule has 186 valence electrons. The maximum Gasteiger partial charge on any atom is 0.181 e. The van der Waals surface area contributed by atoms with Crippen molar-refractivity contribution in [3.63, 3.8) is 0 Å². The molecule has 0 bridgehead atoms. The minimum absolute atomic E-state index is 0. The van der Waals surface area contributed by atoms with Crippen molar-refractivity contribution >= 4 is 61.5 Å². The Hall–Kier alpha value is -2.92. The highest BCUT2D eigenvalue weighted by Gasteiger charge is 2.15. The molecule has 1 fully saturated rings. The number of likely N-dealkylation sites (N-methyl/N-ethyl adjacent to an activating group) is 1. The Morgan fingerprint density at radius 1 is 1.06 bits per heavy atom. The SMILES string of the molecule is COc1cc2c(Nc3ccc4sc(N)nc4c3)ncnc2cc1OCCCN1CCN(C)CC1.Cl. The van der Waals surface area contributed by atoms with Gasteiger partial charge in [0.15, 0.2) is 16.6 Å². The van der Waals surface area contributed by atoms with Crippen LogP contribution in [0.5, 0.6) is 11.5 Å². The summed E-state index contributed by atoms with van der Waals surface area (Å²) in [5.74, 6) is 2.04. The Balaban J connectivity index is 0.00000289. The Kier molecular flexibility index (Phi) is 8.07. The van der Waals surface area contributed by atoms with Gasteiger partial charge in [0.2, 0.25) is 0 Å². The second kappa shape index (κ2) is 11.2. The summed E-state index contributed by atoms with van der Waals surface area (Å²) in [5, 5.41) is 4.78. The first kappa shape index (κ1) is 25.2. The fourth-order valence-electron chi connectivity index (χ4n) is 4.14. The smallest absolute Gasteiger partial charge is 0.181 e. The zero-order valence-electron chi connectivity index (χ0n) is 19.9. The van der Waals surface area contributed by atoms with Crippen molar-refractivity contribution in [3.8, 4) is 11.5 Å². The number of nitrogen functional groups attached to an aromatic ring is 1. The number of thiazole rings is 1. The molecule has 4 aromatic rings. The van der Waals surface area contributed by atoms with Crippen LogP contribution in [0.3, 0.4) is 0 Å². The van der Waals surface area contributed by atoms with Gasteiger partial charge in [0, 0.05) is 49.9 Å². The molecule has 35 heavy (non-hydrogen) atoms. The first-order chi connectivity index (χ1) is 16.6. The number of nitrogens with zero attached hydrogens (tertiary/aromatic N) is 5. The summed E-state index contributed by atoms with van der Waals surface area (Å²) in [7, 11) is 3.82. The summed E-state index contributed by atoms with van der Waals surface area (Å²) >= 11 is 1.47. The van der Waals surface area contributed by atoms with Crippen molar-refractivity contribution in [1.29, 1.82) is 0 Å². The van der Waals surface area contributed by atoms with Crippen LogP contribution in [0.2, 0.25) is 0 Å². The molecule has 0 unspecified atom stereocenters. The summed E-state index contributed by atoms with van der Waals surface area (Å²) in [6, 6.07) is 9.80. The minimum atomic E-state index is 0. The molecular weight excluding hydrogens is 486 g/mol. The van der Waals surface area contributed by atoms with E-state index in [9.17, 15) is 0 Å². The van der Waals surface area contributed by atoms with E-state index in [1.807, 2.05) is 30.3 Å². The number of anilines is 3. The molecule has 0 aliphatic carbocycles. The number of rotatable bonds is 8. The van der Waals surface area contributed by atoms with Crippen LogP contribution in [0.25, 0.3) is 21.1 Å². The fraction of sp³-hybridized carbons (Fsp3) is 0.375. The van der Waals surface area contributed by atoms with Gasteiger partial charge in [0.05, 0.1) is 29.5 Å². The summed E-state index contributed by atoms with van der Waals surface area (Å²) < 4.78 is 12.8. The maximum absolute atomic E-state index is 6.10. The van der Waals surface area contributed by atoms with Crippen LogP contribution in [0.4, 0.5) is 16.6 Å². The van der Waals surface area contributed by atoms with E-state index in [0.29, 0.717) is 29.1 Å². The molecule has 1 aliphatic heterocycles. The lowest BCUT2D eigenvalue weighted by molar-refractivity contribution is 0.145. The number of methoxy groups -OCH3 is 1. The third-order valence-electron chi connectivity index (χ3n) is 6.06. The van der Waals surface area contributed by atoms with Crippen molar-refractivity contribution in [2.45, 2.75) is 6.42 Å². The summed E-state index contributed by atoms with van der Waals surface area (Å²) in [6.45, 7) is 6.15. The molecule has 1 saturated heterocycles. The second-order valence-electron chi connectivity index (χ2n) is 8.45. The highest BCUT2D eigenvalue weighted by atomic mass is 35.5. The van der Waals surface area contributed by atoms with Crippen molar-refractivity contribution in [2.24, 2.45) is 0 Å². The molecule has 3 heterocycles. The van der Waals surface area contributed by atoms with Gasteiger partial charge >= 0.3 is 0 Å². The molecule has 0 spiro atoms. The molecule has 5 rings (SSSR count). The summed E-state index contributed by atoms with van der Waals surface area (Å²) in [5.41, 5.74) is 8.35. The van der Waals surface area contributed by atoms with Crippen LogP contribution < -0.4 is 20.5 Å². The number of hydrogen-bond acceptors (Lipinski definition) is 10. The molecule has 2 aromatic heterocycles. The van der Waals surface area contributed by atoms with Gasteiger partial charge in [0.1, 0.15) is 12.1 Å². The van der Waals surface area contributed by atoms with E-state index < -0.39 is 0 Å². The third-order valence-corrected chi connectivity index (χ3v) is 6.93. The molecule has 1 aliphatic rings. The number of piperazine rings is 1. The first-order valence-corrected chi connectivity index (χ1v) is 12.2. The number of nitrogens with one attached hydrogen (secondary N) is 1. The van der Waals surface area contributed by atoms with Crippen molar-refractivity contribution in [3.05, 3.63) is 36.7 Å². The number of halogens is 1. The van der Waals surface area contributed by atoms with Crippen LogP contribution in [0.15, 0.2) is 36.7 Å². The zero-order valence-corrected chi connectivity index (χ0v) is 21.5. The molecule has 11 heteroatoms. The fourth-order valence-corrected chi connectivity index (χ4v) is 4.85.